The Balaban J connectivity index is 2.51. The smallest absolute Gasteiger partial charge is 0.165 e. The molecule has 0 saturated carbocycles. The van der Waals surface area contributed by atoms with Crippen LogP contribution in [0.2, 0.25) is 5.02 Å². The summed E-state index contributed by atoms with van der Waals surface area (Å²) in [6.45, 7) is 0. The van der Waals surface area contributed by atoms with Crippen molar-refractivity contribution in [3.05, 3.63) is 47.5 Å². The first-order chi connectivity index (χ1) is 7.72. The second-order valence-corrected chi connectivity index (χ2v) is 3.80. The van der Waals surface area contributed by atoms with Crippen LogP contribution >= 0.6 is 11.6 Å². The van der Waals surface area contributed by atoms with E-state index in [1.165, 1.54) is 7.11 Å². The average Bonchev–Trinajstić information content (AvgIpc) is 2.31. The Labute approximate surface area is 99.1 Å². The van der Waals surface area contributed by atoms with Crippen molar-refractivity contribution < 1.29 is 9.84 Å². The molecule has 0 amide bonds. The monoisotopic (exact) mass is 234 g/mol. The van der Waals surface area contributed by atoms with Gasteiger partial charge in [0.1, 0.15) is 0 Å². The quantitative estimate of drug-likeness (QED) is 0.858. The van der Waals surface area contributed by atoms with Gasteiger partial charge in [-0.15, -0.1) is 0 Å². The molecule has 2 aromatic rings. The molecule has 0 aliphatic heterocycles. The first-order valence-electron chi connectivity index (χ1n) is 4.84. The molecule has 16 heavy (non-hydrogen) atoms. The second-order valence-electron chi connectivity index (χ2n) is 3.36. The van der Waals surface area contributed by atoms with Crippen LogP contribution in [0, 0.1) is 0 Å². The molecule has 82 valence electrons. The van der Waals surface area contributed by atoms with Gasteiger partial charge in [-0.3, -0.25) is 0 Å². The van der Waals surface area contributed by atoms with E-state index in [0.29, 0.717) is 10.8 Å². The highest BCUT2D eigenvalue weighted by Gasteiger charge is 2.08. The first-order valence-corrected chi connectivity index (χ1v) is 5.22. The van der Waals surface area contributed by atoms with Crippen molar-refractivity contribution in [3.8, 4) is 22.6 Å². The van der Waals surface area contributed by atoms with Gasteiger partial charge in [0.25, 0.3) is 0 Å². The topological polar surface area (TPSA) is 29.5 Å². The molecule has 0 spiro atoms. The highest BCUT2D eigenvalue weighted by molar-refractivity contribution is 6.30. The van der Waals surface area contributed by atoms with Gasteiger partial charge in [0.2, 0.25) is 0 Å². The number of halogens is 1. The normalized spacial score (nSPS) is 10.1. The van der Waals surface area contributed by atoms with Gasteiger partial charge in [-0.1, -0.05) is 35.9 Å². The third-order valence-electron chi connectivity index (χ3n) is 2.37. The number of para-hydroxylation sites is 1. The lowest BCUT2D eigenvalue weighted by Crippen LogP contribution is -1.85. The van der Waals surface area contributed by atoms with Crippen LogP contribution in [0.1, 0.15) is 0 Å². The van der Waals surface area contributed by atoms with Crippen molar-refractivity contribution in [3.63, 3.8) is 0 Å². The zero-order valence-corrected chi connectivity index (χ0v) is 9.53. The Bertz CT molecular complexity index is 492. The summed E-state index contributed by atoms with van der Waals surface area (Å²) in [5.74, 6) is 0.611. The van der Waals surface area contributed by atoms with Gasteiger partial charge in [0, 0.05) is 10.6 Å². The molecule has 1 N–H and O–H groups in total. The van der Waals surface area contributed by atoms with Gasteiger partial charge >= 0.3 is 0 Å². The van der Waals surface area contributed by atoms with E-state index in [2.05, 4.69) is 0 Å². The lowest BCUT2D eigenvalue weighted by Gasteiger charge is -2.08. The van der Waals surface area contributed by atoms with E-state index in [0.717, 1.165) is 11.1 Å². The van der Waals surface area contributed by atoms with E-state index in [-0.39, 0.29) is 5.75 Å². The van der Waals surface area contributed by atoms with Crippen LogP contribution in [0.5, 0.6) is 11.5 Å². The molecule has 2 nitrogen and oxygen atoms in total. The Morgan fingerprint density at radius 3 is 2.38 bits per heavy atom. The number of hydrogen-bond acceptors (Lipinski definition) is 2. The number of hydrogen-bond donors (Lipinski definition) is 1. The van der Waals surface area contributed by atoms with Gasteiger partial charge in [0.15, 0.2) is 11.5 Å². The van der Waals surface area contributed by atoms with E-state index in [1.54, 1.807) is 18.2 Å². The molecule has 0 fully saturated rings. The molecular weight excluding hydrogens is 224 g/mol. The third-order valence-corrected chi connectivity index (χ3v) is 2.63. The average molecular weight is 235 g/mol. The third kappa shape index (κ3) is 1.97. The van der Waals surface area contributed by atoms with Gasteiger partial charge in [-0.05, 0) is 23.8 Å². The molecular formula is C13H11ClO2. The fourth-order valence-corrected chi connectivity index (χ4v) is 1.68. The maximum atomic E-state index is 9.95. The van der Waals surface area contributed by atoms with Crippen LogP contribution < -0.4 is 4.74 Å². The minimum absolute atomic E-state index is 0.146. The van der Waals surface area contributed by atoms with Gasteiger partial charge in [-0.2, -0.15) is 0 Å². The van der Waals surface area contributed by atoms with E-state index in [1.807, 2.05) is 24.3 Å². The number of methoxy groups -OCH3 is 1. The lowest BCUT2D eigenvalue weighted by atomic mass is 10.0. The number of phenolic OH excluding ortho intramolecular Hbond substituents is 1. The van der Waals surface area contributed by atoms with Crippen molar-refractivity contribution in [1.29, 1.82) is 0 Å². The number of ether oxygens (including phenoxy) is 1. The SMILES string of the molecule is COc1cccc(-c2ccc(Cl)cc2)c1O. The molecule has 3 heteroatoms. The van der Waals surface area contributed by atoms with E-state index < -0.39 is 0 Å². The largest absolute Gasteiger partial charge is 0.504 e. The fourth-order valence-electron chi connectivity index (χ4n) is 1.55. The zero-order valence-electron chi connectivity index (χ0n) is 8.77. The molecule has 0 unspecified atom stereocenters. The maximum Gasteiger partial charge on any atom is 0.165 e. The summed E-state index contributed by atoms with van der Waals surface area (Å²) in [6.07, 6.45) is 0. The Kier molecular flexibility index (Phi) is 3.02. The molecule has 0 aliphatic carbocycles. The molecule has 0 aliphatic rings. The van der Waals surface area contributed by atoms with Crippen LogP contribution in [-0.4, -0.2) is 12.2 Å². The van der Waals surface area contributed by atoms with E-state index in [9.17, 15) is 5.11 Å². The Hall–Kier alpha value is -1.67. The number of phenols is 1. The summed E-state index contributed by atoms with van der Waals surface area (Å²) < 4.78 is 5.05. The maximum absolute atomic E-state index is 9.95. The summed E-state index contributed by atoms with van der Waals surface area (Å²) in [5, 5.41) is 10.6. The molecule has 0 atom stereocenters. The van der Waals surface area contributed by atoms with Crippen molar-refractivity contribution in [2.75, 3.05) is 7.11 Å². The van der Waals surface area contributed by atoms with Crippen LogP contribution in [-0.2, 0) is 0 Å². The van der Waals surface area contributed by atoms with Gasteiger partial charge in [0.05, 0.1) is 7.11 Å². The van der Waals surface area contributed by atoms with Crippen molar-refractivity contribution in [2.24, 2.45) is 0 Å². The molecule has 0 heterocycles. The molecule has 2 aromatic carbocycles. The molecule has 2 rings (SSSR count). The summed E-state index contributed by atoms with van der Waals surface area (Å²) in [5.41, 5.74) is 1.64. The Morgan fingerprint density at radius 1 is 1.06 bits per heavy atom. The minimum atomic E-state index is 0.146. The van der Waals surface area contributed by atoms with Crippen molar-refractivity contribution in [2.45, 2.75) is 0 Å². The molecule has 0 aromatic heterocycles. The zero-order chi connectivity index (χ0) is 11.5. The summed E-state index contributed by atoms with van der Waals surface area (Å²) in [4.78, 5) is 0. The van der Waals surface area contributed by atoms with Crippen LogP contribution in [0.4, 0.5) is 0 Å². The number of rotatable bonds is 2. The highest BCUT2D eigenvalue weighted by atomic mass is 35.5. The summed E-state index contributed by atoms with van der Waals surface area (Å²) >= 11 is 5.81. The molecule has 0 radical (unpaired) electrons. The molecule has 0 bridgehead atoms. The van der Waals surface area contributed by atoms with Gasteiger partial charge < -0.3 is 9.84 Å². The predicted molar refractivity (Wildman–Crippen MR) is 65.1 cm³/mol. The van der Waals surface area contributed by atoms with E-state index >= 15 is 0 Å². The second kappa shape index (κ2) is 4.45. The van der Waals surface area contributed by atoms with Crippen molar-refractivity contribution >= 4 is 11.6 Å². The van der Waals surface area contributed by atoms with E-state index in [4.69, 9.17) is 16.3 Å². The number of benzene rings is 2. The first kappa shape index (κ1) is 10.8. The summed E-state index contributed by atoms with van der Waals surface area (Å²) in [7, 11) is 1.53. The highest BCUT2D eigenvalue weighted by Crippen LogP contribution is 2.36. The fraction of sp³-hybridized carbons (Fsp3) is 0.0769. The number of aromatic hydroxyl groups is 1. The van der Waals surface area contributed by atoms with Crippen molar-refractivity contribution in [1.82, 2.24) is 0 Å². The standard InChI is InChI=1S/C13H11ClO2/c1-16-12-4-2-3-11(13(12)15)9-5-7-10(14)8-6-9/h2-8,15H,1H3. The van der Waals surface area contributed by atoms with Crippen LogP contribution in [0.3, 0.4) is 0 Å². The predicted octanol–water partition coefficient (Wildman–Crippen LogP) is 3.72. The Morgan fingerprint density at radius 2 is 1.75 bits per heavy atom. The van der Waals surface area contributed by atoms with Crippen LogP contribution in [0.25, 0.3) is 11.1 Å². The minimum Gasteiger partial charge on any atom is -0.504 e. The summed E-state index contributed by atoms with van der Waals surface area (Å²) in [6, 6.07) is 12.7. The molecule has 0 saturated heterocycles. The lowest BCUT2D eigenvalue weighted by molar-refractivity contribution is 0.374. The van der Waals surface area contributed by atoms with Gasteiger partial charge in [-0.25, -0.2) is 0 Å². The van der Waals surface area contributed by atoms with Crippen LogP contribution in [0.15, 0.2) is 42.5 Å².